The number of thiophene rings is 1. The molecule has 0 spiro atoms. The van der Waals surface area contributed by atoms with Crippen molar-refractivity contribution < 1.29 is 9.53 Å². The molecule has 0 aliphatic rings. The number of ether oxygens (including phenoxy) is 1. The lowest BCUT2D eigenvalue weighted by molar-refractivity contribution is -0.123. The molecule has 2 atom stereocenters. The van der Waals surface area contributed by atoms with Gasteiger partial charge in [-0.05, 0) is 34.4 Å². The molecule has 0 fully saturated rings. The number of hydrogen-bond acceptors (Lipinski definition) is 3. The summed E-state index contributed by atoms with van der Waals surface area (Å²) in [5, 5.41) is 7.08. The molecule has 0 aliphatic carbocycles. The Hall–Kier alpha value is -1.65. The molecule has 21 heavy (non-hydrogen) atoms. The maximum absolute atomic E-state index is 12.4. The van der Waals surface area contributed by atoms with E-state index in [1.54, 1.807) is 18.4 Å². The van der Waals surface area contributed by atoms with Crippen molar-refractivity contribution in [2.24, 2.45) is 0 Å². The van der Waals surface area contributed by atoms with Crippen molar-refractivity contribution >= 4 is 17.2 Å². The summed E-state index contributed by atoms with van der Waals surface area (Å²) in [7, 11) is 1.67. The molecule has 2 rings (SSSR count). The standard InChI is InChI=1S/C17H21NO2S/c1-3-15(13-7-5-4-6-8-13)17(19)18-11-16(20-2)14-9-10-21-12-14/h4-10,12,15-16H,3,11H2,1-2H3,(H,18,19)/t15-,16+/m1/s1. The summed E-state index contributed by atoms with van der Waals surface area (Å²) < 4.78 is 5.46. The Labute approximate surface area is 130 Å². The predicted octanol–water partition coefficient (Wildman–Crippen LogP) is 3.75. The molecule has 0 bridgehead atoms. The van der Waals surface area contributed by atoms with Gasteiger partial charge in [0.1, 0.15) is 6.10 Å². The molecule has 1 aromatic heterocycles. The number of benzene rings is 1. The number of nitrogens with one attached hydrogen (secondary N) is 1. The second-order valence-corrected chi connectivity index (χ2v) is 5.68. The van der Waals surface area contributed by atoms with Crippen LogP contribution in [0.2, 0.25) is 0 Å². The van der Waals surface area contributed by atoms with Gasteiger partial charge in [-0.2, -0.15) is 11.3 Å². The SMILES string of the molecule is CC[C@@H](C(=O)NC[C@H](OC)c1ccsc1)c1ccccc1. The zero-order valence-electron chi connectivity index (χ0n) is 12.4. The summed E-state index contributed by atoms with van der Waals surface area (Å²) in [5.74, 6) is -0.0489. The van der Waals surface area contributed by atoms with Crippen LogP contribution in [0.15, 0.2) is 47.2 Å². The van der Waals surface area contributed by atoms with Crippen molar-refractivity contribution in [1.29, 1.82) is 0 Å². The van der Waals surface area contributed by atoms with Gasteiger partial charge < -0.3 is 10.1 Å². The molecule has 4 heteroatoms. The fourth-order valence-electron chi connectivity index (χ4n) is 2.37. The third kappa shape index (κ3) is 4.16. The number of carbonyl (C=O) groups excluding carboxylic acids is 1. The number of carbonyl (C=O) groups is 1. The minimum Gasteiger partial charge on any atom is -0.375 e. The summed E-state index contributed by atoms with van der Waals surface area (Å²) in [6.45, 7) is 2.53. The van der Waals surface area contributed by atoms with Crippen LogP contribution in [-0.2, 0) is 9.53 Å². The van der Waals surface area contributed by atoms with E-state index in [0.717, 1.165) is 17.5 Å². The van der Waals surface area contributed by atoms with Gasteiger partial charge >= 0.3 is 0 Å². The first-order valence-corrected chi connectivity index (χ1v) is 8.08. The van der Waals surface area contributed by atoms with E-state index in [1.165, 1.54) is 0 Å². The summed E-state index contributed by atoms with van der Waals surface area (Å²) >= 11 is 1.63. The fraction of sp³-hybridized carbons (Fsp3) is 0.353. The van der Waals surface area contributed by atoms with Gasteiger partial charge in [0.2, 0.25) is 5.91 Å². The topological polar surface area (TPSA) is 38.3 Å². The van der Waals surface area contributed by atoms with Crippen molar-refractivity contribution in [3.63, 3.8) is 0 Å². The monoisotopic (exact) mass is 303 g/mol. The van der Waals surface area contributed by atoms with Gasteiger partial charge in [0.15, 0.2) is 0 Å². The summed E-state index contributed by atoms with van der Waals surface area (Å²) in [6.07, 6.45) is 0.694. The molecular weight excluding hydrogens is 282 g/mol. The quantitative estimate of drug-likeness (QED) is 0.846. The van der Waals surface area contributed by atoms with Gasteiger partial charge in [-0.15, -0.1) is 0 Å². The highest BCUT2D eigenvalue weighted by Gasteiger charge is 2.20. The third-order valence-corrected chi connectivity index (χ3v) is 4.29. The second kappa shape index (κ2) is 7.96. The maximum Gasteiger partial charge on any atom is 0.227 e. The first kappa shape index (κ1) is 15.7. The molecule has 1 N–H and O–H groups in total. The zero-order chi connectivity index (χ0) is 15.1. The summed E-state index contributed by atoms with van der Waals surface area (Å²) in [6, 6.07) is 11.9. The molecule has 0 saturated heterocycles. The molecule has 0 radical (unpaired) electrons. The van der Waals surface area contributed by atoms with E-state index < -0.39 is 0 Å². The van der Waals surface area contributed by atoms with E-state index in [2.05, 4.69) is 10.7 Å². The molecule has 3 nitrogen and oxygen atoms in total. The fourth-order valence-corrected chi connectivity index (χ4v) is 3.07. The van der Waals surface area contributed by atoms with Crippen LogP contribution in [0.4, 0.5) is 0 Å². The minimum absolute atomic E-state index is 0.0565. The molecular formula is C17H21NO2S. The molecule has 0 saturated carbocycles. The van der Waals surface area contributed by atoms with Crippen LogP contribution >= 0.6 is 11.3 Å². The lowest BCUT2D eigenvalue weighted by Gasteiger charge is -2.19. The highest BCUT2D eigenvalue weighted by Crippen LogP contribution is 2.21. The molecule has 0 unspecified atom stereocenters. The van der Waals surface area contributed by atoms with Gasteiger partial charge in [0, 0.05) is 13.7 Å². The van der Waals surface area contributed by atoms with Gasteiger partial charge in [-0.25, -0.2) is 0 Å². The van der Waals surface area contributed by atoms with Gasteiger partial charge in [-0.3, -0.25) is 4.79 Å². The number of methoxy groups -OCH3 is 1. The van der Waals surface area contributed by atoms with Gasteiger partial charge in [0.05, 0.1) is 5.92 Å². The summed E-state index contributed by atoms with van der Waals surface area (Å²) in [4.78, 5) is 12.4. The van der Waals surface area contributed by atoms with Crippen molar-refractivity contribution in [3.05, 3.63) is 58.3 Å². The van der Waals surface area contributed by atoms with Crippen molar-refractivity contribution in [1.82, 2.24) is 5.32 Å². The Morgan fingerprint density at radius 3 is 2.57 bits per heavy atom. The number of hydrogen-bond donors (Lipinski definition) is 1. The number of rotatable bonds is 7. The summed E-state index contributed by atoms with van der Waals surface area (Å²) in [5.41, 5.74) is 2.16. The Balaban J connectivity index is 1.97. The van der Waals surface area contributed by atoms with Crippen LogP contribution < -0.4 is 5.32 Å². The van der Waals surface area contributed by atoms with Crippen LogP contribution in [-0.4, -0.2) is 19.6 Å². The molecule has 112 valence electrons. The van der Waals surface area contributed by atoms with Crippen LogP contribution in [0.5, 0.6) is 0 Å². The maximum atomic E-state index is 12.4. The average molecular weight is 303 g/mol. The first-order valence-electron chi connectivity index (χ1n) is 7.13. The molecule has 0 aliphatic heterocycles. The Morgan fingerprint density at radius 2 is 2.00 bits per heavy atom. The molecule has 1 heterocycles. The van der Waals surface area contributed by atoms with Crippen LogP contribution in [0.3, 0.4) is 0 Å². The lowest BCUT2D eigenvalue weighted by atomic mass is 9.95. The van der Waals surface area contributed by atoms with Crippen LogP contribution in [0.25, 0.3) is 0 Å². The van der Waals surface area contributed by atoms with Crippen molar-refractivity contribution in [3.8, 4) is 0 Å². The van der Waals surface area contributed by atoms with Gasteiger partial charge in [-0.1, -0.05) is 37.3 Å². The van der Waals surface area contributed by atoms with E-state index in [4.69, 9.17) is 4.74 Å². The van der Waals surface area contributed by atoms with Crippen molar-refractivity contribution in [2.75, 3.05) is 13.7 Å². The minimum atomic E-state index is -0.105. The van der Waals surface area contributed by atoms with E-state index in [0.29, 0.717) is 6.54 Å². The third-order valence-electron chi connectivity index (χ3n) is 3.59. The molecule has 1 aromatic carbocycles. The smallest absolute Gasteiger partial charge is 0.227 e. The second-order valence-electron chi connectivity index (χ2n) is 4.90. The Kier molecular flexibility index (Phi) is 5.96. The van der Waals surface area contributed by atoms with Gasteiger partial charge in [0.25, 0.3) is 0 Å². The molecule has 1 amide bonds. The zero-order valence-corrected chi connectivity index (χ0v) is 13.2. The predicted molar refractivity (Wildman–Crippen MR) is 86.6 cm³/mol. The van der Waals surface area contributed by atoms with Crippen LogP contribution in [0.1, 0.15) is 36.5 Å². The largest absolute Gasteiger partial charge is 0.375 e. The first-order chi connectivity index (χ1) is 10.3. The highest BCUT2D eigenvalue weighted by atomic mass is 32.1. The number of amides is 1. The highest BCUT2D eigenvalue weighted by molar-refractivity contribution is 7.07. The Morgan fingerprint density at radius 1 is 1.24 bits per heavy atom. The van der Waals surface area contributed by atoms with Crippen molar-refractivity contribution in [2.45, 2.75) is 25.4 Å². The lowest BCUT2D eigenvalue weighted by Crippen LogP contribution is -2.33. The van der Waals surface area contributed by atoms with Crippen LogP contribution in [0, 0.1) is 0 Å². The van der Waals surface area contributed by atoms with E-state index in [-0.39, 0.29) is 17.9 Å². The van der Waals surface area contributed by atoms with E-state index >= 15 is 0 Å². The average Bonchev–Trinajstić information content (AvgIpc) is 3.04. The Bertz CT molecular complexity index is 539. The molecule has 2 aromatic rings. The van der Waals surface area contributed by atoms with E-state index in [1.807, 2.05) is 48.7 Å². The normalized spacial score (nSPS) is 13.6. The van der Waals surface area contributed by atoms with E-state index in [9.17, 15) is 4.79 Å².